The van der Waals surface area contributed by atoms with Crippen LogP contribution in [0.3, 0.4) is 0 Å². The number of nitrogens with zero attached hydrogens (tertiary/aromatic N) is 1. The molecule has 28 heavy (non-hydrogen) atoms. The van der Waals surface area contributed by atoms with E-state index in [-0.39, 0.29) is 17.9 Å². The van der Waals surface area contributed by atoms with Crippen LogP contribution in [0, 0.1) is 12.8 Å². The van der Waals surface area contributed by atoms with Gasteiger partial charge in [0.1, 0.15) is 12.4 Å². The lowest BCUT2D eigenvalue weighted by Gasteiger charge is -2.17. The summed E-state index contributed by atoms with van der Waals surface area (Å²) in [6.45, 7) is 5.32. The zero-order chi connectivity index (χ0) is 19.8. The maximum absolute atomic E-state index is 11.6. The number of guanidine groups is 1. The number of carbonyl (C=O) groups is 1. The average molecular weight is 389 g/mol. The highest BCUT2D eigenvalue weighted by molar-refractivity contribution is 5.81. The summed E-state index contributed by atoms with van der Waals surface area (Å²) in [5, 5.41) is 9.48. The molecule has 0 radical (unpaired) electrons. The minimum Gasteiger partial charge on any atom is -0.491 e. The van der Waals surface area contributed by atoms with Crippen molar-refractivity contribution in [3.8, 4) is 5.75 Å². The van der Waals surface area contributed by atoms with Crippen LogP contribution in [0.5, 0.6) is 5.75 Å². The number of carbonyl (C=O) groups excluding carboxylic acids is 1. The van der Waals surface area contributed by atoms with Gasteiger partial charge in [0.05, 0.1) is 6.10 Å². The van der Waals surface area contributed by atoms with Gasteiger partial charge < -0.3 is 25.4 Å². The maximum atomic E-state index is 11.6. The van der Waals surface area contributed by atoms with Crippen LogP contribution in [0.2, 0.25) is 0 Å². The van der Waals surface area contributed by atoms with Gasteiger partial charge in [-0.2, -0.15) is 0 Å². The Balaban J connectivity index is 1.44. The van der Waals surface area contributed by atoms with Gasteiger partial charge in [-0.05, 0) is 44.2 Å². The van der Waals surface area contributed by atoms with Gasteiger partial charge in [-0.25, -0.2) is 0 Å². The predicted molar refractivity (Wildman–Crippen MR) is 110 cm³/mol. The van der Waals surface area contributed by atoms with Crippen molar-refractivity contribution >= 4 is 11.9 Å². The molecule has 2 aliphatic rings. The van der Waals surface area contributed by atoms with E-state index in [1.54, 1.807) is 7.05 Å². The summed E-state index contributed by atoms with van der Waals surface area (Å²) in [6, 6.07) is 6.23. The molecule has 1 atom stereocenters. The molecule has 0 aromatic heterocycles. The van der Waals surface area contributed by atoms with Gasteiger partial charge in [0.2, 0.25) is 5.91 Å². The molecule has 0 bridgehead atoms. The van der Waals surface area contributed by atoms with Crippen LogP contribution >= 0.6 is 0 Å². The Kier molecular flexibility index (Phi) is 7.54. The molecular weight excluding hydrogens is 356 g/mol. The molecule has 1 unspecified atom stereocenters. The molecule has 0 spiro atoms. The van der Waals surface area contributed by atoms with Crippen LogP contribution in [0.15, 0.2) is 23.2 Å². The summed E-state index contributed by atoms with van der Waals surface area (Å²) in [6.07, 6.45) is 4.42. The van der Waals surface area contributed by atoms with Gasteiger partial charge in [-0.1, -0.05) is 12.1 Å². The van der Waals surface area contributed by atoms with Crippen molar-refractivity contribution in [2.75, 3.05) is 33.4 Å². The van der Waals surface area contributed by atoms with Gasteiger partial charge in [-0.15, -0.1) is 0 Å². The van der Waals surface area contributed by atoms with Gasteiger partial charge in [0.25, 0.3) is 0 Å². The zero-order valence-corrected chi connectivity index (χ0v) is 16.9. The number of ether oxygens (including phenoxy) is 2. The van der Waals surface area contributed by atoms with Crippen LogP contribution in [-0.2, 0) is 16.1 Å². The summed E-state index contributed by atoms with van der Waals surface area (Å²) in [5.74, 6) is 1.99. The van der Waals surface area contributed by atoms with Gasteiger partial charge >= 0.3 is 0 Å². The fourth-order valence-corrected chi connectivity index (χ4v) is 3.16. The molecule has 1 heterocycles. The molecule has 154 valence electrons. The van der Waals surface area contributed by atoms with Crippen molar-refractivity contribution in [2.24, 2.45) is 10.9 Å². The van der Waals surface area contributed by atoms with E-state index in [0.717, 1.165) is 43.6 Å². The van der Waals surface area contributed by atoms with Crippen molar-refractivity contribution in [3.05, 3.63) is 29.3 Å². The molecule has 7 nitrogen and oxygen atoms in total. The summed E-state index contributed by atoms with van der Waals surface area (Å²) in [7, 11) is 1.74. The van der Waals surface area contributed by atoms with E-state index in [9.17, 15) is 4.79 Å². The van der Waals surface area contributed by atoms with E-state index in [1.807, 2.05) is 0 Å². The molecule has 1 aliphatic carbocycles. The first-order chi connectivity index (χ1) is 13.7. The number of rotatable bonds is 9. The molecule has 1 amide bonds. The fraction of sp³-hybridized carbons (Fsp3) is 0.619. The zero-order valence-electron chi connectivity index (χ0n) is 16.9. The summed E-state index contributed by atoms with van der Waals surface area (Å²) < 4.78 is 11.7. The molecule has 7 heteroatoms. The second kappa shape index (κ2) is 10.3. The molecule has 1 aromatic rings. The van der Waals surface area contributed by atoms with E-state index in [0.29, 0.717) is 32.2 Å². The largest absolute Gasteiger partial charge is 0.491 e. The lowest BCUT2D eigenvalue weighted by molar-refractivity contribution is -0.122. The number of aliphatic imine (C=N–C) groups is 1. The van der Waals surface area contributed by atoms with Crippen molar-refractivity contribution < 1.29 is 14.3 Å². The first-order valence-corrected chi connectivity index (χ1v) is 10.2. The Labute approximate surface area is 167 Å². The number of benzene rings is 1. The Bertz CT molecular complexity index is 682. The van der Waals surface area contributed by atoms with Crippen molar-refractivity contribution in [1.29, 1.82) is 0 Å². The highest BCUT2D eigenvalue weighted by Crippen LogP contribution is 2.28. The highest BCUT2D eigenvalue weighted by Gasteiger charge is 2.28. The van der Waals surface area contributed by atoms with Crippen LogP contribution in [0.4, 0.5) is 0 Å². The predicted octanol–water partition coefficient (Wildman–Crippen LogP) is 1.74. The minimum atomic E-state index is 0.164. The van der Waals surface area contributed by atoms with Gasteiger partial charge in [0.15, 0.2) is 5.96 Å². The van der Waals surface area contributed by atoms with Crippen molar-refractivity contribution in [1.82, 2.24) is 16.0 Å². The second-order valence-corrected chi connectivity index (χ2v) is 7.48. The van der Waals surface area contributed by atoms with E-state index in [2.05, 4.69) is 46.1 Å². The standard InChI is InChI=1S/C21H32N4O3/c1-15-5-6-17(19(12-15)28-14-18-4-3-11-27-18)13-25-21(22-2)24-10-9-23-20(26)16-7-8-16/h5-6,12,16,18H,3-4,7-11,13-14H2,1-2H3,(H,23,26)(H2,22,24,25). The van der Waals surface area contributed by atoms with Crippen LogP contribution in [0.1, 0.15) is 36.8 Å². The summed E-state index contributed by atoms with van der Waals surface area (Å²) >= 11 is 0. The number of hydrogen-bond acceptors (Lipinski definition) is 4. The Morgan fingerprint density at radius 1 is 1.21 bits per heavy atom. The number of hydrogen-bond donors (Lipinski definition) is 3. The van der Waals surface area contributed by atoms with Crippen molar-refractivity contribution in [3.63, 3.8) is 0 Å². The van der Waals surface area contributed by atoms with Crippen molar-refractivity contribution in [2.45, 2.75) is 45.3 Å². The quantitative estimate of drug-likeness (QED) is 0.341. The fourth-order valence-electron chi connectivity index (χ4n) is 3.16. The third-order valence-corrected chi connectivity index (χ3v) is 5.01. The number of aryl methyl sites for hydroxylation is 1. The minimum absolute atomic E-state index is 0.164. The first-order valence-electron chi connectivity index (χ1n) is 10.2. The molecular formula is C21H32N4O3. The molecule has 1 saturated heterocycles. The average Bonchev–Trinajstić information content (AvgIpc) is 3.42. The summed E-state index contributed by atoms with van der Waals surface area (Å²) in [4.78, 5) is 15.9. The van der Waals surface area contributed by atoms with Gasteiger partial charge in [0, 0.05) is 44.8 Å². The van der Waals surface area contributed by atoms with Gasteiger partial charge in [-0.3, -0.25) is 9.79 Å². The maximum Gasteiger partial charge on any atom is 0.223 e. The molecule has 3 N–H and O–H groups in total. The van der Waals surface area contributed by atoms with E-state index >= 15 is 0 Å². The van der Waals surface area contributed by atoms with Crippen LogP contribution in [0.25, 0.3) is 0 Å². The SMILES string of the molecule is CN=C(NCCNC(=O)C1CC1)NCc1ccc(C)cc1OCC1CCCO1. The number of nitrogens with one attached hydrogen (secondary N) is 3. The first kappa shape index (κ1) is 20.5. The molecule has 1 aliphatic heterocycles. The monoisotopic (exact) mass is 388 g/mol. The lowest BCUT2D eigenvalue weighted by atomic mass is 10.1. The smallest absolute Gasteiger partial charge is 0.223 e. The third kappa shape index (κ3) is 6.41. The van der Waals surface area contributed by atoms with Crippen LogP contribution in [-0.4, -0.2) is 51.3 Å². The molecule has 2 fully saturated rings. The normalized spacial score (nSPS) is 19.4. The second-order valence-electron chi connectivity index (χ2n) is 7.48. The number of amides is 1. The Morgan fingerprint density at radius 3 is 2.75 bits per heavy atom. The van der Waals surface area contributed by atoms with E-state index in [4.69, 9.17) is 9.47 Å². The van der Waals surface area contributed by atoms with E-state index < -0.39 is 0 Å². The Morgan fingerprint density at radius 2 is 2.04 bits per heavy atom. The highest BCUT2D eigenvalue weighted by atomic mass is 16.5. The van der Waals surface area contributed by atoms with Crippen LogP contribution < -0.4 is 20.7 Å². The third-order valence-electron chi connectivity index (χ3n) is 5.01. The Hall–Kier alpha value is -2.28. The molecule has 1 saturated carbocycles. The molecule has 3 rings (SSSR count). The molecule has 1 aromatic carbocycles. The summed E-state index contributed by atoms with van der Waals surface area (Å²) in [5.41, 5.74) is 2.24. The lowest BCUT2D eigenvalue weighted by Crippen LogP contribution is -2.41. The van der Waals surface area contributed by atoms with E-state index in [1.165, 1.54) is 5.56 Å². The topological polar surface area (TPSA) is 84.0 Å².